The Labute approximate surface area is 87.3 Å². The predicted octanol–water partition coefficient (Wildman–Crippen LogP) is 1.31. The Bertz CT molecular complexity index is 209. The zero-order valence-electron chi connectivity index (χ0n) is 9.53. The molecule has 80 valence electrons. The molecule has 1 rings (SSSR count). The summed E-state index contributed by atoms with van der Waals surface area (Å²) in [5.41, 5.74) is 0. The Morgan fingerprint density at radius 3 is 2.93 bits per heavy atom. The molecule has 1 fully saturated rings. The monoisotopic (exact) mass is 195 g/mol. The maximum Gasteiger partial charge on any atom is 0.0866 e. The van der Waals surface area contributed by atoms with Gasteiger partial charge in [0.2, 0.25) is 0 Å². The molecular formula is C11H21N3. The summed E-state index contributed by atoms with van der Waals surface area (Å²) in [6, 6.07) is 3.49. The summed E-state index contributed by atoms with van der Waals surface area (Å²) < 4.78 is 0. The van der Waals surface area contributed by atoms with E-state index in [0.29, 0.717) is 18.6 Å². The highest BCUT2D eigenvalue weighted by Crippen LogP contribution is 2.17. The molecule has 2 unspecified atom stereocenters. The lowest BCUT2D eigenvalue weighted by Gasteiger charge is -2.25. The van der Waals surface area contributed by atoms with E-state index in [1.807, 2.05) is 7.05 Å². The van der Waals surface area contributed by atoms with E-state index in [0.717, 1.165) is 6.54 Å². The molecule has 2 atom stereocenters. The fraction of sp³-hybridized carbons (Fsp3) is 0.909. The summed E-state index contributed by atoms with van der Waals surface area (Å²) in [7, 11) is 2.05. The molecule has 3 nitrogen and oxygen atoms in total. The SMILES string of the molecule is CCC(C)N1CCC(N(C)CC#N)C1. The van der Waals surface area contributed by atoms with Crippen LogP contribution in [0.25, 0.3) is 0 Å². The van der Waals surface area contributed by atoms with E-state index in [4.69, 9.17) is 5.26 Å². The van der Waals surface area contributed by atoms with E-state index in [9.17, 15) is 0 Å². The first-order valence-corrected chi connectivity index (χ1v) is 5.50. The van der Waals surface area contributed by atoms with Crippen molar-refractivity contribution in [1.29, 1.82) is 5.26 Å². The number of rotatable bonds is 4. The second-order valence-corrected chi connectivity index (χ2v) is 4.27. The van der Waals surface area contributed by atoms with Crippen molar-refractivity contribution in [2.24, 2.45) is 0 Å². The van der Waals surface area contributed by atoms with Gasteiger partial charge in [-0.1, -0.05) is 6.92 Å². The summed E-state index contributed by atoms with van der Waals surface area (Å²) >= 11 is 0. The fourth-order valence-corrected chi connectivity index (χ4v) is 2.03. The largest absolute Gasteiger partial charge is 0.299 e. The second-order valence-electron chi connectivity index (χ2n) is 4.27. The number of nitrogens with zero attached hydrogens (tertiary/aromatic N) is 3. The summed E-state index contributed by atoms with van der Waals surface area (Å²) in [5.74, 6) is 0. The number of nitriles is 1. The first-order chi connectivity index (χ1) is 6.69. The molecule has 14 heavy (non-hydrogen) atoms. The predicted molar refractivity (Wildman–Crippen MR) is 58.0 cm³/mol. The van der Waals surface area contributed by atoms with Crippen LogP contribution in [0, 0.1) is 11.3 Å². The first-order valence-electron chi connectivity index (χ1n) is 5.50. The average Bonchev–Trinajstić information content (AvgIpc) is 2.66. The van der Waals surface area contributed by atoms with Gasteiger partial charge >= 0.3 is 0 Å². The minimum atomic E-state index is 0.555. The summed E-state index contributed by atoms with van der Waals surface area (Å²) in [6.45, 7) is 7.39. The van der Waals surface area contributed by atoms with E-state index in [1.165, 1.54) is 19.4 Å². The third-order valence-corrected chi connectivity index (χ3v) is 3.35. The second kappa shape index (κ2) is 5.33. The summed E-state index contributed by atoms with van der Waals surface area (Å²) in [4.78, 5) is 4.70. The van der Waals surface area contributed by atoms with Crippen LogP contribution in [-0.4, -0.2) is 48.6 Å². The van der Waals surface area contributed by atoms with Crippen molar-refractivity contribution in [3.8, 4) is 6.07 Å². The minimum absolute atomic E-state index is 0.555. The lowest BCUT2D eigenvalue weighted by molar-refractivity contribution is 0.215. The molecule has 0 spiro atoms. The van der Waals surface area contributed by atoms with Crippen LogP contribution >= 0.6 is 0 Å². The molecule has 0 aliphatic carbocycles. The molecule has 1 aliphatic rings. The zero-order chi connectivity index (χ0) is 10.6. The van der Waals surface area contributed by atoms with Gasteiger partial charge in [0.25, 0.3) is 0 Å². The molecule has 0 aromatic rings. The highest BCUT2D eigenvalue weighted by atomic mass is 15.2. The standard InChI is InChI=1S/C11H21N3/c1-4-10(2)14-7-5-11(9-14)13(3)8-6-12/h10-11H,4-5,7-9H2,1-3H3. The topological polar surface area (TPSA) is 30.3 Å². The van der Waals surface area contributed by atoms with Crippen LogP contribution in [0.4, 0.5) is 0 Å². The summed E-state index contributed by atoms with van der Waals surface area (Å²) in [5, 5.41) is 8.61. The van der Waals surface area contributed by atoms with Gasteiger partial charge in [-0.25, -0.2) is 0 Å². The minimum Gasteiger partial charge on any atom is -0.299 e. The van der Waals surface area contributed by atoms with Crippen molar-refractivity contribution < 1.29 is 0 Å². The van der Waals surface area contributed by atoms with Crippen LogP contribution in [-0.2, 0) is 0 Å². The van der Waals surface area contributed by atoms with Crippen LogP contribution in [0.1, 0.15) is 26.7 Å². The van der Waals surface area contributed by atoms with Gasteiger partial charge in [0.05, 0.1) is 12.6 Å². The van der Waals surface area contributed by atoms with Crippen LogP contribution in [0.15, 0.2) is 0 Å². The summed E-state index contributed by atoms with van der Waals surface area (Å²) in [6.07, 6.45) is 2.43. The van der Waals surface area contributed by atoms with E-state index >= 15 is 0 Å². The van der Waals surface area contributed by atoms with Gasteiger partial charge < -0.3 is 0 Å². The van der Waals surface area contributed by atoms with Crippen molar-refractivity contribution in [1.82, 2.24) is 9.80 Å². The average molecular weight is 195 g/mol. The molecule has 1 aliphatic heterocycles. The van der Waals surface area contributed by atoms with Gasteiger partial charge in [0.1, 0.15) is 0 Å². The molecule has 0 aromatic heterocycles. The third-order valence-electron chi connectivity index (χ3n) is 3.35. The third kappa shape index (κ3) is 2.70. The van der Waals surface area contributed by atoms with Gasteiger partial charge in [-0.05, 0) is 26.8 Å². The van der Waals surface area contributed by atoms with Crippen molar-refractivity contribution >= 4 is 0 Å². The maximum atomic E-state index is 8.61. The first kappa shape index (κ1) is 11.5. The molecule has 1 saturated heterocycles. The van der Waals surface area contributed by atoms with Gasteiger partial charge in [-0.2, -0.15) is 5.26 Å². The number of hydrogen-bond acceptors (Lipinski definition) is 3. The molecule has 0 saturated carbocycles. The van der Waals surface area contributed by atoms with E-state index < -0.39 is 0 Å². The van der Waals surface area contributed by atoms with Crippen molar-refractivity contribution in [2.75, 3.05) is 26.7 Å². The molecule has 0 amide bonds. The number of likely N-dealkylation sites (tertiary alicyclic amines) is 1. The van der Waals surface area contributed by atoms with Gasteiger partial charge in [-0.3, -0.25) is 9.80 Å². The Kier molecular flexibility index (Phi) is 4.37. The van der Waals surface area contributed by atoms with E-state index in [1.54, 1.807) is 0 Å². The van der Waals surface area contributed by atoms with Crippen LogP contribution in [0.5, 0.6) is 0 Å². The van der Waals surface area contributed by atoms with Gasteiger partial charge in [0.15, 0.2) is 0 Å². The Balaban J connectivity index is 2.37. The van der Waals surface area contributed by atoms with Crippen LogP contribution < -0.4 is 0 Å². The highest BCUT2D eigenvalue weighted by molar-refractivity contribution is 4.87. The van der Waals surface area contributed by atoms with E-state index in [-0.39, 0.29) is 0 Å². The normalized spacial score (nSPS) is 25.2. The van der Waals surface area contributed by atoms with Crippen molar-refractivity contribution in [3.05, 3.63) is 0 Å². The number of likely N-dealkylation sites (N-methyl/N-ethyl adjacent to an activating group) is 1. The Morgan fingerprint density at radius 2 is 2.36 bits per heavy atom. The van der Waals surface area contributed by atoms with Crippen molar-refractivity contribution in [3.63, 3.8) is 0 Å². The van der Waals surface area contributed by atoms with Crippen LogP contribution in [0.2, 0.25) is 0 Å². The fourth-order valence-electron chi connectivity index (χ4n) is 2.03. The van der Waals surface area contributed by atoms with Crippen molar-refractivity contribution in [2.45, 2.75) is 38.8 Å². The lowest BCUT2D eigenvalue weighted by atomic mass is 10.2. The lowest BCUT2D eigenvalue weighted by Crippen LogP contribution is -2.37. The maximum absolute atomic E-state index is 8.61. The smallest absolute Gasteiger partial charge is 0.0866 e. The van der Waals surface area contributed by atoms with Gasteiger partial charge in [0, 0.05) is 25.2 Å². The molecule has 0 radical (unpaired) electrons. The molecule has 0 bridgehead atoms. The Hall–Kier alpha value is -0.590. The zero-order valence-corrected chi connectivity index (χ0v) is 9.53. The Morgan fingerprint density at radius 1 is 1.64 bits per heavy atom. The molecule has 3 heteroatoms. The quantitative estimate of drug-likeness (QED) is 0.634. The molecule has 0 aromatic carbocycles. The van der Waals surface area contributed by atoms with Gasteiger partial charge in [-0.15, -0.1) is 0 Å². The molecule has 1 heterocycles. The molecule has 0 N–H and O–H groups in total. The molecular weight excluding hydrogens is 174 g/mol. The van der Waals surface area contributed by atoms with Crippen LogP contribution in [0.3, 0.4) is 0 Å². The number of hydrogen-bond donors (Lipinski definition) is 0. The van der Waals surface area contributed by atoms with E-state index in [2.05, 4.69) is 29.7 Å². The highest BCUT2D eigenvalue weighted by Gasteiger charge is 2.27.